The number of ether oxygens (including phenoxy) is 2. The number of hydrogen-bond acceptors (Lipinski definition) is 4. The molecule has 2 aromatic rings. The zero-order chi connectivity index (χ0) is 15.9. The topological polar surface area (TPSA) is 43.4 Å². The van der Waals surface area contributed by atoms with Crippen molar-refractivity contribution in [1.82, 2.24) is 10.3 Å². The summed E-state index contributed by atoms with van der Waals surface area (Å²) in [5.41, 5.74) is 2.06. The molecule has 0 radical (unpaired) electrons. The third-order valence-electron chi connectivity index (χ3n) is 3.02. The largest absolute Gasteiger partial charge is 0.493 e. The lowest BCUT2D eigenvalue weighted by molar-refractivity contribution is 0.227. The summed E-state index contributed by atoms with van der Waals surface area (Å²) in [6, 6.07) is 9.86. The van der Waals surface area contributed by atoms with Gasteiger partial charge in [-0.3, -0.25) is 4.98 Å². The maximum absolute atomic E-state index is 5.92. The minimum absolute atomic E-state index is 0.0876. The third kappa shape index (κ3) is 4.71. The van der Waals surface area contributed by atoms with E-state index in [1.807, 2.05) is 44.2 Å². The van der Waals surface area contributed by atoms with Gasteiger partial charge in [0, 0.05) is 29.3 Å². The first kappa shape index (κ1) is 16.8. The Morgan fingerprint density at radius 2 is 2.05 bits per heavy atom. The van der Waals surface area contributed by atoms with E-state index < -0.39 is 0 Å². The predicted octanol–water partition coefficient (Wildman–Crippen LogP) is 3.93. The Morgan fingerprint density at radius 3 is 2.68 bits per heavy atom. The second-order valence-corrected chi connectivity index (χ2v) is 6.10. The summed E-state index contributed by atoms with van der Waals surface area (Å²) in [7, 11) is 1.65. The monoisotopic (exact) mass is 364 g/mol. The summed E-state index contributed by atoms with van der Waals surface area (Å²) in [4.78, 5) is 4.30. The minimum Gasteiger partial charge on any atom is -0.493 e. The summed E-state index contributed by atoms with van der Waals surface area (Å²) in [6.45, 7) is 5.39. The van der Waals surface area contributed by atoms with E-state index in [0.717, 1.165) is 27.2 Å². The van der Waals surface area contributed by atoms with Gasteiger partial charge in [0.15, 0.2) is 11.5 Å². The molecule has 0 spiro atoms. The van der Waals surface area contributed by atoms with Gasteiger partial charge in [-0.25, -0.2) is 0 Å². The molecule has 2 rings (SSSR count). The Morgan fingerprint density at radius 1 is 1.23 bits per heavy atom. The van der Waals surface area contributed by atoms with Gasteiger partial charge in [-0.1, -0.05) is 22.0 Å². The molecular formula is C17H21BrN2O2. The lowest BCUT2D eigenvalue weighted by atomic mass is 10.1. The molecule has 0 atom stereocenters. The Hall–Kier alpha value is -1.59. The average Bonchev–Trinajstić information content (AvgIpc) is 2.50. The second-order valence-electron chi connectivity index (χ2n) is 5.19. The van der Waals surface area contributed by atoms with E-state index >= 15 is 0 Å². The molecule has 22 heavy (non-hydrogen) atoms. The first-order valence-corrected chi connectivity index (χ1v) is 8.03. The van der Waals surface area contributed by atoms with Crippen molar-refractivity contribution < 1.29 is 9.47 Å². The van der Waals surface area contributed by atoms with Gasteiger partial charge in [0.05, 0.1) is 18.9 Å². The Balaban J connectivity index is 2.12. The van der Waals surface area contributed by atoms with Gasteiger partial charge in [-0.05, 0) is 38.1 Å². The van der Waals surface area contributed by atoms with Crippen LogP contribution in [0.15, 0.2) is 41.0 Å². The highest BCUT2D eigenvalue weighted by molar-refractivity contribution is 9.10. The van der Waals surface area contributed by atoms with E-state index in [-0.39, 0.29) is 6.10 Å². The summed E-state index contributed by atoms with van der Waals surface area (Å²) < 4.78 is 12.3. The molecule has 118 valence electrons. The van der Waals surface area contributed by atoms with Crippen molar-refractivity contribution in [2.75, 3.05) is 7.11 Å². The number of aromatic nitrogens is 1. The van der Waals surface area contributed by atoms with E-state index in [2.05, 4.69) is 26.2 Å². The summed E-state index contributed by atoms with van der Waals surface area (Å²) >= 11 is 3.52. The number of methoxy groups -OCH3 is 1. The molecule has 5 heteroatoms. The van der Waals surface area contributed by atoms with E-state index in [1.165, 1.54) is 0 Å². The second kappa shape index (κ2) is 8.15. The molecule has 0 aliphatic rings. The van der Waals surface area contributed by atoms with E-state index in [0.29, 0.717) is 13.1 Å². The van der Waals surface area contributed by atoms with Crippen LogP contribution in [0.3, 0.4) is 0 Å². The van der Waals surface area contributed by atoms with Crippen LogP contribution in [0.4, 0.5) is 0 Å². The smallest absolute Gasteiger partial charge is 0.166 e. The molecule has 0 saturated carbocycles. The van der Waals surface area contributed by atoms with Crippen LogP contribution >= 0.6 is 15.9 Å². The van der Waals surface area contributed by atoms with Crippen molar-refractivity contribution in [3.63, 3.8) is 0 Å². The molecule has 1 aromatic heterocycles. The number of rotatable bonds is 7. The van der Waals surface area contributed by atoms with Crippen molar-refractivity contribution in [2.45, 2.75) is 33.0 Å². The summed E-state index contributed by atoms with van der Waals surface area (Å²) in [5, 5.41) is 3.39. The molecule has 0 bridgehead atoms. The molecule has 0 amide bonds. The molecule has 0 aliphatic carbocycles. The fraction of sp³-hybridized carbons (Fsp3) is 0.353. The van der Waals surface area contributed by atoms with Crippen molar-refractivity contribution in [1.29, 1.82) is 0 Å². The number of halogens is 1. The van der Waals surface area contributed by atoms with Crippen LogP contribution in [0, 0.1) is 0 Å². The standard InChI is InChI=1S/C17H21BrN2O2/c1-12(2)22-17-13(8-14(18)9-16(17)21-3)10-19-11-15-6-4-5-7-20-15/h4-9,12,19H,10-11H2,1-3H3. The highest BCUT2D eigenvalue weighted by atomic mass is 79.9. The van der Waals surface area contributed by atoms with Crippen LogP contribution < -0.4 is 14.8 Å². The highest BCUT2D eigenvalue weighted by Gasteiger charge is 2.14. The predicted molar refractivity (Wildman–Crippen MR) is 91.2 cm³/mol. The Kier molecular flexibility index (Phi) is 6.21. The molecular weight excluding hydrogens is 344 g/mol. The molecule has 4 nitrogen and oxygen atoms in total. The lowest BCUT2D eigenvalue weighted by Gasteiger charge is -2.18. The van der Waals surface area contributed by atoms with Crippen LogP contribution in [-0.4, -0.2) is 18.2 Å². The lowest BCUT2D eigenvalue weighted by Crippen LogP contribution is -2.16. The van der Waals surface area contributed by atoms with Gasteiger partial charge >= 0.3 is 0 Å². The van der Waals surface area contributed by atoms with Gasteiger partial charge in [-0.2, -0.15) is 0 Å². The number of nitrogens with one attached hydrogen (secondary N) is 1. The maximum atomic E-state index is 5.92. The van der Waals surface area contributed by atoms with Crippen LogP contribution in [0.5, 0.6) is 11.5 Å². The first-order chi connectivity index (χ1) is 10.6. The SMILES string of the molecule is COc1cc(Br)cc(CNCc2ccccn2)c1OC(C)C. The van der Waals surface area contributed by atoms with Crippen LogP contribution in [-0.2, 0) is 13.1 Å². The normalized spacial score (nSPS) is 10.8. The number of benzene rings is 1. The zero-order valence-corrected chi connectivity index (χ0v) is 14.7. The van der Waals surface area contributed by atoms with Crippen LogP contribution in [0.1, 0.15) is 25.1 Å². The third-order valence-corrected chi connectivity index (χ3v) is 3.48. The molecule has 1 N–H and O–H groups in total. The Bertz CT molecular complexity index is 603. The van der Waals surface area contributed by atoms with Crippen molar-refractivity contribution in [2.24, 2.45) is 0 Å². The van der Waals surface area contributed by atoms with Gasteiger partial charge in [0.1, 0.15) is 0 Å². The number of pyridine rings is 1. The first-order valence-electron chi connectivity index (χ1n) is 7.24. The zero-order valence-electron chi connectivity index (χ0n) is 13.1. The molecule has 0 aliphatic heterocycles. The van der Waals surface area contributed by atoms with Gasteiger partial charge in [0.2, 0.25) is 0 Å². The minimum atomic E-state index is 0.0876. The number of nitrogens with zero attached hydrogens (tertiary/aromatic N) is 1. The highest BCUT2D eigenvalue weighted by Crippen LogP contribution is 2.35. The molecule has 0 saturated heterocycles. The molecule has 0 fully saturated rings. The van der Waals surface area contributed by atoms with Crippen LogP contribution in [0.2, 0.25) is 0 Å². The van der Waals surface area contributed by atoms with Crippen molar-refractivity contribution >= 4 is 15.9 Å². The molecule has 0 unspecified atom stereocenters. The van der Waals surface area contributed by atoms with E-state index in [4.69, 9.17) is 9.47 Å². The van der Waals surface area contributed by atoms with Gasteiger partial charge < -0.3 is 14.8 Å². The quantitative estimate of drug-likeness (QED) is 0.808. The van der Waals surface area contributed by atoms with Gasteiger partial charge in [-0.15, -0.1) is 0 Å². The van der Waals surface area contributed by atoms with Crippen LogP contribution in [0.25, 0.3) is 0 Å². The average molecular weight is 365 g/mol. The summed E-state index contributed by atoms with van der Waals surface area (Å²) in [5.74, 6) is 1.52. The maximum Gasteiger partial charge on any atom is 0.166 e. The van der Waals surface area contributed by atoms with E-state index in [9.17, 15) is 0 Å². The van der Waals surface area contributed by atoms with E-state index in [1.54, 1.807) is 13.3 Å². The van der Waals surface area contributed by atoms with Gasteiger partial charge in [0.25, 0.3) is 0 Å². The van der Waals surface area contributed by atoms with Crippen molar-refractivity contribution in [3.8, 4) is 11.5 Å². The van der Waals surface area contributed by atoms with Crippen molar-refractivity contribution in [3.05, 3.63) is 52.3 Å². The summed E-state index contributed by atoms with van der Waals surface area (Å²) in [6.07, 6.45) is 1.89. The molecule has 1 heterocycles. The Labute approximate surface area is 140 Å². The fourth-order valence-corrected chi connectivity index (χ4v) is 2.59. The number of hydrogen-bond donors (Lipinski definition) is 1. The molecule has 1 aromatic carbocycles. The fourth-order valence-electron chi connectivity index (χ4n) is 2.10.